The predicted molar refractivity (Wildman–Crippen MR) is 100 cm³/mol. The van der Waals surface area contributed by atoms with E-state index in [1.807, 2.05) is 24.3 Å². The maximum absolute atomic E-state index is 11.4. The molecule has 3 aromatic rings. The van der Waals surface area contributed by atoms with Crippen LogP contribution in [0.5, 0.6) is 0 Å². The normalized spacial score (nSPS) is 11.2. The third-order valence-corrected chi connectivity index (χ3v) is 5.03. The van der Waals surface area contributed by atoms with Gasteiger partial charge in [-0.15, -0.1) is 11.3 Å². The molecule has 0 bridgehead atoms. The number of anilines is 1. The number of thiophene rings is 1. The molecule has 2 aromatic heterocycles. The second-order valence-corrected chi connectivity index (χ2v) is 6.70. The first kappa shape index (κ1) is 15.7. The minimum absolute atomic E-state index is 0.153. The minimum Gasteiger partial charge on any atom is -0.383 e. The lowest BCUT2D eigenvalue weighted by molar-refractivity contribution is -0.115. The molecule has 4 nitrogen and oxygen atoms in total. The number of nitrogens with one attached hydrogen (secondary N) is 1. The number of nitrogens with zero attached hydrogens (tertiary/aromatic N) is 1. The van der Waals surface area contributed by atoms with Gasteiger partial charge in [0.1, 0.15) is 5.82 Å². The van der Waals surface area contributed by atoms with Crippen molar-refractivity contribution in [2.75, 3.05) is 12.8 Å². The van der Waals surface area contributed by atoms with Crippen molar-refractivity contribution in [3.05, 3.63) is 52.0 Å². The highest BCUT2D eigenvalue weighted by atomic mass is 79.9. The minimum atomic E-state index is -0.153. The van der Waals surface area contributed by atoms with Crippen molar-refractivity contribution in [2.24, 2.45) is 0 Å². The lowest BCUT2D eigenvalue weighted by Crippen LogP contribution is -2.13. The van der Waals surface area contributed by atoms with Gasteiger partial charge >= 0.3 is 0 Å². The molecule has 2 heterocycles. The van der Waals surface area contributed by atoms with Crippen LogP contribution in [0.4, 0.5) is 5.82 Å². The van der Waals surface area contributed by atoms with Crippen molar-refractivity contribution in [3.8, 4) is 11.1 Å². The van der Waals surface area contributed by atoms with Gasteiger partial charge in [0.15, 0.2) is 0 Å². The number of halogens is 1. The molecule has 0 aliphatic rings. The first-order valence-corrected chi connectivity index (χ1v) is 8.59. The molecule has 3 N–H and O–H groups in total. The van der Waals surface area contributed by atoms with Crippen LogP contribution in [0.3, 0.4) is 0 Å². The van der Waals surface area contributed by atoms with Gasteiger partial charge in [0.2, 0.25) is 5.91 Å². The Labute approximate surface area is 146 Å². The van der Waals surface area contributed by atoms with Gasteiger partial charge in [0, 0.05) is 45.0 Å². The molecule has 3 rings (SSSR count). The number of hydrogen-bond acceptors (Lipinski definition) is 4. The van der Waals surface area contributed by atoms with Crippen molar-refractivity contribution >= 4 is 55.2 Å². The van der Waals surface area contributed by atoms with E-state index in [0.717, 1.165) is 31.2 Å². The molecular weight excluding hydrogens is 374 g/mol. The monoisotopic (exact) mass is 387 g/mol. The second kappa shape index (κ2) is 6.52. The van der Waals surface area contributed by atoms with E-state index in [4.69, 9.17) is 5.73 Å². The Morgan fingerprint density at radius 2 is 2.09 bits per heavy atom. The molecule has 1 amide bonds. The largest absolute Gasteiger partial charge is 0.383 e. The van der Waals surface area contributed by atoms with Crippen LogP contribution >= 0.6 is 27.3 Å². The van der Waals surface area contributed by atoms with Crippen molar-refractivity contribution in [1.82, 2.24) is 10.3 Å². The molecule has 0 aliphatic carbocycles. The smallest absolute Gasteiger partial charge is 0.243 e. The number of pyridine rings is 1. The number of fused-ring (bicyclic) bond motifs is 1. The predicted octanol–water partition coefficient (Wildman–Crippen LogP) is 4.07. The highest BCUT2D eigenvalue weighted by Gasteiger charge is 2.13. The van der Waals surface area contributed by atoms with Gasteiger partial charge in [0.25, 0.3) is 0 Å². The quantitative estimate of drug-likeness (QED) is 0.665. The maximum Gasteiger partial charge on any atom is 0.243 e. The standard InChI is InChI=1S/C17H14BrN3OS/c1-20-14(22)7-4-11-8-21-17(19)15-13(9-23-16(11)15)10-2-5-12(18)6-3-10/h2-9H,1H3,(H2,19,21)(H,20,22)/b7-4+. The van der Waals surface area contributed by atoms with Crippen molar-refractivity contribution in [3.63, 3.8) is 0 Å². The number of carbonyl (C=O) groups is 1. The molecule has 0 fully saturated rings. The first-order valence-electron chi connectivity index (χ1n) is 6.91. The molecule has 116 valence electrons. The number of hydrogen-bond donors (Lipinski definition) is 2. The van der Waals surface area contributed by atoms with Crippen molar-refractivity contribution in [1.29, 1.82) is 0 Å². The average Bonchev–Trinajstić information content (AvgIpc) is 3.00. The number of nitrogen functional groups attached to an aromatic ring is 1. The molecule has 1 aromatic carbocycles. The maximum atomic E-state index is 11.4. The third-order valence-electron chi connectivity index (χ3n) is 3.47. The Bertz CT molecular complexity index is 900. The summed E-state index contributed by atoms with van der Waals surface area (Å²) in [6.45, 7) is 0. The Balaban J connectivity index is 2.14. The molecule has 23 heavy (non-hydrogen) atoms. The van der Waals surface area contributed by atoms with Gasteiger partial charge in [0.05, 0.1) is 0 Å². The molecule has 0 saturated carbocycles. The van der Waals surface area contributed by atoms with E-state index in [9.17, 15) is 4.79 Å². The summed E-state index contributed by atoms with van der Waals surface area (Å²) in [6.07, 6.45) is 4.94. The number of likely N-dealkylation sites (N-methyl/N-ethyl adjacent to an activating group) is 1. The summed E-state index contributed by atoms with van der Waals surface area (Å²) in [7, 11) is 1.60. The fraction of sp³-hybridized carbons (Fsp3) is 0.0588. The lowest BCUT2D eigenvalue weighted by Gasteiger charge is -2.04. The van der Waals surface area contributed by atoms with E-state index in [-0.39, 0.29) is 5.91 Å². The van der Waals surface area contributed by atoms with E-state index in [1.165, 1.54) is 6.08 Å². The number of rotatable bonds is 3. The fourth-order valence-corrected chi connectivity index (χ4v) is 3.64. The Hall–Kier alpha value is -2.18. The summed E-state index contributed by atoms with van der Waals surface area (Å²) < 4.78 is 2.05. The first-order chi connectivity index (χ1) is 11.1. The van der Waals surface area contributed by atoms with Crippen LogP contribution in [0.25, 0.3) is 27.3 Å². The van der Waals surface area contributed by atoms with Crippen LogP contribution in [0.1, 0.15) is 5.56 Å². The third kappa shape index (κ3) is 3.13. The van der Waals surface area contributed by atoms with Gasteiger partial charge in [-0.1, -0.05) is 28.1 Å². The summed E-state index contributed by atoms with van der Waals surface area (Å²) in [6, 6.07) is 8.08. The topological polar surface area (TPSA) is 68.0 Å². The van der Waals surface area contributed by atoms with Crippen molar-refractivity contribution in [2.45, 2.75) is 0 Å². The molecule has 0 aliphatic heterocycles. The molecule has 0 atom stereocenters. The van der Waals surface area contributed by atoms with Crippen molar-refractivity contribution < 1.29 is 4.79 Å². The number of carbonyl (C=O) groups excluding carboxylic acids is 1. The summed E-state index contributed by atoms with van der Waals surface area (Å²) in [4.78, 5) is 15.7. The van der Waals surface area contributed by atoms with E-state index < -0.39 is 0 Å². The van der Waals surface area contributed by atoms with Gasteiger partial charge in [-0.25, -0.2) is 4.98 Å². The summed E-state index contributed by atoms with van der Waals surface area (Å²) in [5.74, 6) is 0.343. The number of amides is 1. The summed E-state index contributed by atoms with van der Waals surface area (Å²) >= 11 is 5.04. The van der Waals surface area contributed by atoms with Gasteiger partial charge in [-0.2, -0.15) is 0 Å². The average molecular weight is 388 g/mol. The van der Waals surface area contributed by atoms with E-state index in [2.05, 4.69) is 31.6 Å². The van der Waals surface area contributed by atoms with E-state index in [1.54, 1.807) is 30.7 Å². The molecule has 6 heteroatoms. The molecular formula is C17H14BrN3OS. The van der Waals surface area contributed by atoms with Crippen LogP contribution < -0.4 is 11.1 Å². The molecule has 0 radical (unpaired) electrons. The molecule has 0 spiro atoms. The highest BCUT2D eigenvalue weighted by Crippen LogP contribution is 2.39. The van der Waals surface area contributed by atoms with Gasteiger partial charge in [-0.3, -0.25) is 4.79 Å². The van der Waals surface area contributed by atoms with Crippen LogP contribution in [0.2, 0.25) is 0 Å². The Morgan fingerprint density at radius 1 is 1.35 bits per heavy atom. The van der Waals surface area contributed by atoms with Crippen LogP contribution in [-0.2, 0) is 4.79 Å². The van der Waals surface area contributed by atoms with E-state index in [0.29, 0.717) is 5.82 Å². The summed E-state index contributed by atoms with van der Waals surface area (Å²) in [5.41, 5.74) is 9.12. The van der Waals surface area contributed by atoms with Gasteiger partial charge in [-0.05, 0) is 29.2 Å². The van der Waals surface area contributed by atoms with Crippen LogP contribution in [0, 0.1) is 0 Å². The zero-order chi connectivity index (χ0) is 16.4. The lowest BCUT2D eigenvalue weighted by atomic mass is 10.0. The molecule has 0 unspecified atom stereocenters. The fourth-order valence-electron chi connectivity index (χ4n) is 2.30. The van der Waals surface area contributed by atoms with Gasteiger partial charge < -0.3 is 11.1 Å². The Morgan fingerprint density at radius 3 is 2.78 bits per heavy atom. The number of benzene rings is 1. The van der Waals surface area contributed by atoms with E-state index >= 15 is 0 Å². The Kier molecular flexibility index (Phi) is 4.45. The second-order valence-electron chi connectivity index (χ2n) is 4.91. The number of aromatic nitrogens is 1. The number of nitrogens with two attached hydrogens (primary N) is 1. The summed E-state index contributed by atoms with van der Waals surface area (Å²) in [5, 5.41) is 5.56. The zero-order valence-electron chi connectivity index (χ0n) is 12.3. The highest BCUT2D eigenvalue weighted by molar-refractivity contribution is 9.10. The van der Waals surface area contributed by atoms with Crippen LogP contribution in [0.15, 0.2) is 46.4 Å². The van der Waals surface area contributed by atoms with Crippen LogP contribution in [-0.4, -0.2) is 17.9 Å². The molecule has 0 saturated heterocycles. The SMILES string of the molecule is CNC(=O)/C=C/c1cnc(N)c2c(-c3ccc(Br)cc3)csc12. The zero-order valence-corrected chi connectivity index (χ0v) is 14.7.